The Labute approximate surface area is 135 Å². The van der Waals surface area contributed by atoms with Crippen molar-refractivity contribution >= 4 is 37.8 Å². The standard InChI is InChI=1S/C16H15Br2NO/c1-11(13-6-8-15(18)9-7-13)19-16(20)14-4-2-12(10-17)3-5-14/h2-9,11H,10H2,1H3,(H,19,20)/t11-/m1/s1. The predicted molar refractivity (Wildman–Crippen MR) is 89.1 cm³/mol. The molecule has 0 saturated heterocycles. The molecule has 2 aromatic rings. The van der Waals surface area contributed by atoms with Crippen molar-refractivity contribution in [3.8, 4) is 0 Å². The SMILES string of the molecule is C[C@@H](NC(=O)c1ccc(CBr)cc1)c1ccc(Br)cc1. The van der Waals surface area contributed by atoms with Gasteiger partial charge in [-0.2, -0.15) is 0 Å². The van der Waals surface area contributed by atoms with Crippen molar-refractivity contribution in [3.63, 3.8) is 0 Å². The molecule has 0 aromatic heterocycles. The fourth-order valence-electron chi connectivity index (χ4n) is 1.86. The van der Waals surface area contributed by atoms with Gasteiger partial charge in [0.05, 0.1) is 6.04 Å². The lowest BCUT2D eigenvalue weighted by molar-refractivity contribution is 0.0940. The van der Waals surface area contributed by atoms with Gasteiger partial charge in [-0.3, -0.25) is 4.79 Å². The van der Waals surface area contributed by atoms with Crippen molar-refractivity contribution in [2.24, 2.45) is 0 Å². The Hall–Kier alpha value is -1.13. The zero-order chi connectivity index (χ0) is 14.5. The number of carbonyl (C=O) groups is 1. The van der Waals surface area contributed by atoms with E-state index in [1.54, 1.807) is 0 Å². The lowest BCUT2D eigenvalue weighted by Crippen LogP contribution is -2.26. The van der Waals surface area contributed by atoms with Crippen LogP contribution in [0.3, 0.4) is 0 Å². The van der Waals surface area contributed by atoms with E-state index >= 15 is 0 Å². The summed E-state index contributed by atoms with van der Waals surface area (Å²) < 4.78 is 1.03. The second-order valence-corrected chi connectivity index (χ2v) is 6.05. The van der Waals surface area contributed by atoms with Crippen molar-refractivity contribution in [1.82, 2.24) is 5.32 Å². The molecule has 1 atom stereocenters. The number of alkyl halides is 1. The summed E-state index contributed by atoms with van der Waals surface area (Å²) in [5, 5.41) is 3.80. The molecule has 2 aromatic carbocycles. The minimum absolute atomic E-state index is 0.0218. The minimum Gasteiger partial charge on any atom is -0.346 e. The Morgan fingerprint density at radius 1 is 1.10 bits per heavy atom. The number of hydrogen-bond donors (Lipinski definition) is 1. The monoisotopic (exact) mass is 395 g/mol. The van der Waals surface area contributed by atoms with E-state index in [0.29, 0.717) is 5.56 Å². The van der Waals surface area contributed by atoms with E-state index in [-0.39, 0.29) is 11.9 Å². The highest BCUT2D eigenvalue weighted by molar-refractivity contribution is 9.10. The van der Waals surface area contributed by atoms with Crippen LogP contribution in [-0.2, 0) is 5.33 Å². The molecule has 2 rings (SSSR count). The van der Waals surface area contributed by atoms with Crippen LogP contribution in [0.15, 0.2) is 53.0 Å². The van der Waals surface area contributed by atoms with Crippen LogP contribution in [0.1, 0.15) is 34.5 Å². The summed E-state index contributed by atoms with van der Waals surface area (Å²) in [6.45, 7) is 1.98. The van der Waals surface area contributed by atoms with Gasteiger partial charge in [0, 0.05) is 15.4 Å². The van der Waals surface area contributed by atoms with E-state index in [9.17, 15) is 4.79 Å². The molecule has 0 unspecified atom stereocenters. The van der Waals surface area contributed by atoms with Crippen LogP contribution in [0.5, 0.6) is 0 Å². The third-order valence-corrected chi connectivity index (χ3v) is 4.26. The van der Waals surface area contributed by atoms with E-state index in [2.05, 4.69) is 37.2 Å². The van der Waals surface area contributed by atoms with Gasteiger partial charge in [-0.25, -0.2) is 0 Å². The average Bonchev–Trinajstić information content (AvgIpc) is 2.48. The van der Waals surface area contributed by atoms with E-state index in [4.69, 9.17) is 0 Å². The highest BCUT2D eigenvalue weighted by atomic mass is 79.9. The molecule has 2 nitrogen and oxygen atoms in total. The number of hydrogen-bond acceptors (Lipinski definition) is 1. The molecule has 4 heteroatoms. The molecule has 20 heavy (non-hydrogen) atoms. The lowest BCUT2D eigenvalue weighted by atomic mass is 10.1. The molecule has 1 amide bonds. The average molecular weight is 397 g/mol. The summed E-state index contributed by atoms with van der Waals surface area (Å²) in [6.07, 6.45) is 0. The summed E-state index contributed by atoms with van der Waals surface area (Å²) in [5.41, 5.74) is 2.92. The summed E-state index contributed by atoms with van der Waals surface area (Å²) in [4.78, 5) is 12.2. The smallest absolute Gasteiger partial charge is 0.251 e. The van der Waals surface area contributed by atoms with Gasteiger partial charge in [0.25, 0.3) is 5.91 Å². The molecular formula is C16H15Br2NO. The summed E-state index contributed by atoms with van der Waals surface area (Å²) in [7, 11) is 0. The van der Waals surface area contributed by atoms with Crippen molar-refractivity contribution in [1.29, 1.82) is 0 Å². The largest absolute Gasteiger partial charge is 0.346 e. The number of halogens is 2. The summed E-state index contributed by atoms with van der Waals surface area (Å²) >= 11 is 6.80. The first-order valence-corrected chi connectivity index (χ1v) is 8.23. The molecule has 104 valence electrons. The first-order valence-electron chi connectivity index (χ1n) is 6.31. The number of amides is 1. The number of carbonyl (C=O) groups excluding carboxylic acids is 1. The normalized spacial score (nSPS) is 11.9. The van der Waals surface area contributed by atoms with Crippen LogP contribution in [0.2, 0.25) is 0 Å². The van der Waals surface area contributed by atoms with E-state index in [1.807, 2.05) is 55.5 Å². The predicted octanol–water partition coefficient (Wildman–Crippen LogP) is 4.84. The van der Waals surface area contributed by atoms with Crippen molar-refractivity contribution in [2.45, 2.75) is 18.3 Å². The van der Waals surface area contributed by atoms with Gasteiger partial charge >= 0.3 is 0 Å². The number of nitrogens with one attached hydrogen (secondary N) is 1. The molecule has 0 aliphatic heterocycles. The van der Waals surface area contributed by atoms with Gasteiger partial charge in [-0.1, -0.05) is 56.1 Å². The van der Waals surface area contributed by atoms with Gasteiger partial charge in [0.1, 0.15) is 0 Å². The molecule has 0 aliphatic carbocycles. The van der Waals surface area contributed by atoms with E-state index in [1.165, 1.54) is 0 Å². The Morgan fingerprint density at radius 2 is 1.70 bits per heavy atom. The van der Waals surface area contributed by atoms with Gasteiger partial charge in [-0.05, 0) is 42.3 Å². The zero-order valence-corrected chi connectivity index (χ0v) is 14.2. The molecule has 0 radical (unpaired) electrons. The van der Waals surface area contributed by atoms with Gasteiger partial charge < -0.3 is 5.32 Å². The second kappa shape index (κ2) is 7.04. The van der Waals surface area contributed by atoms with Crippen molar-refractivity contribution in [3.05, 3.63) is 69.7 Å². The molecule has 1 N–H and O–H groups in total. The van der Waals surface area contributed by atoms with Crippen molar-refractivity contribution < 1.29 is 4.79 Å². The molecular weight excluding hydrogens is 382 g/mol. The molecule has 0 spiro atoms. The molecule has 0 aliphatic rings. The molecule has 0 saturated carbocycles. The Bertz CT molecular complexity index is 578. The maximum Gasteiger partial charge on any atom is 0.251 e. The maximum atomic E-state index is 12.2. The van der Waals surface area contributed by atoms with Crippen LogP contribution in [-0.4, -0.2) is 5.91 Å². The summed E-state index contributed by atoms with van der Waals surface area (Å²) in [5.74, 6) is -0.0541. The first kappa shape index (κ1) is 15.3. The Morgan fingerprint density at radius 3 is 2.25 bits per heavy atom. The Balaban J connectivity index is 2.04. The minimum atomic E-state index is -0.0541. The first-order chi connectivity index (χ1) is 9.60. The summed E-state index contributed by atoms with van der Waals surface area (Å²) in [6, 6.07) is 15.5. The fraction of sp³-hybridized carbons (Fsp3) is 0.188. The van der Waals surface area contributed by atoms with E-state index < -0.39 is 0 Å². The molecule has 0 fully saturated rings. The van der Waals surface area contributed by atoms with Gasteiger partial charge in [0.2, 0.25) is 0 Å². The third-order valence-electron chi connectivity index (χ3n) is 3.09. The quantitative estimate of drug-likeness (QED) is 0.736. The van der Waals surface area contributed by atoms with Crippen LogP contribution in [0, 0.1) is 0 Å². The molecule has 0 bridgehead atoms. The Kier molecular flexibility index (Phi) is 5.38. The fourth-order valence-corrected chi connectivity index (χ4v) is 2.50. The number of benzene rings is 2. The molecule has 0 heterocycles. The van der Waals surface area contributed by atoms with Crippen LogP contribution in [0.4, 0.5) is 0 Å². The number of rotatable bonds is 4. The highest BCUT2D eigenvalue weighted by Gasteiger charge is 2.11. The van der Waals surface area contributed by atoms with Crippen LogP contribution < -0.4 is 5.32 Å². The van der Waals surface area contributed by atoms with Crippen molar-refractivity contribution in [2.75, 3.05) is 0 Å². The zero-order valence-electron chi connectivity index (χ0n) is 11.1. The highest BCUT2D eigenvalue weighted by Crippen LogP contribution is 2.17. The van der Waals surface area contributed by atoms with Gasteiger partial charge in [-0.15, -0.1) is 0 Å². The van der Waals surface area contributed by atoms with Crippen LogP contribution >= 0.6 is 31.9 Å². The van der Waals surface area contributed by atoms with Crippen LogP contribution in [0.25, 0.3) is 0 Å². The lowest BCUT2D eigenvalue weighted by Gasteiger charge is -2.14. The third kappa shape index (κ3) is 3.93. The van der Waals surface area contributed by atoms with Gasteiger partial charge in [0.15, 0.2) is 0 Å². The second-order valence-electron chi connectivity index (χ2n) is 4.58. The van der Waals surface area contributed by atoms with E-state index in [0.717, 1.165) is 20.9 Å². The maximum absolute atomic E-state index is 12.2. The topological polar surface area (TPSA) is 29.1 Å².